The molecule has 1 unspecified atom stereocenters. The molecule has 1 aliphatic heterocycles. The van der Waals surface area contributed by atoms with Crippen LogP contribution in [-0.4, -0.2) is 34.6 Å². The van der Waals surface area contributed by atoms with Crippen LogP contribution in [0.4, 0.5) is 18.9 Å². The minimum atomic E-state index is -4.88. The Morgan fingerprint density at radius 3 is 2.60 bits per heavy atom. The lowest BCUT2D eigenvalue weighted by atomic mass is 10.1. The molecule has 0 saturated carbocycles. The molecule has 1 aromatic carbocycles. The number of hydrogen-bond acceptors (Lipinski definition) is 5. The lowest BCUT2D eigenvalue weighted by molar-refractivity contribution is -0.385. The first kappa shape index (κ1) is 18.4. The molecule has 2 amide bonds. The molecule has 1 aromatic rings. The number of carbonyl (C=O) groups excluding carboxylic acids is 2. The van der Waals surface area contributed by atoms with Crippen LogP contribution in [0.3, 0.4) is 0 Å². The van der Waals surface area contributed by atoms with Crippen LogP contribution < -0.4 is 5.32 Å². The summed E-state index contributed by atoms with van der Waals surface area (Å²) in [4.78, 5) is 38.4. The topological polar surface area (TPSA) is 102 Å². The number of hydroxylamine groups is 2. The van der Waals surface area contributed by atoms with Crippen molar-refractivity contribution < 1.29 is 32.5 Å². The van der Waals surface area contributed by atoms with Crippen LogP contribution in [0.5, 0.6) is 0 Å². The molecule has 2 rings (SSSR count). The predicted molar refractivity (Wildman–Crippen MR) is 77.0 cm³/mol. The Morgan fingerprint density at radius 2 is 2.12 bits per heavy atom. The number of rotatable bonds is 6. The van der Waals surface area contributed by atoms with Crippen LogP contribution in [0.1, 0.15) is 22.3 Å². The van der Waals surface area contributed by atoms with Gasteiger partial charge in [-0.05, 0) is 6.07 Å². The van der Waals surface area contributed by atoms with Gasteiger partial charge in [-0.3, -0.25) is 24.5 Å². The van der Waals surface area contributed by atoms with E-state index in [9.17, 15) is 32.9 Å². The fourth-order valence-electron chi connectivity index (χ4n) is 2.04. The Labute approximate surface area is 139 Å². The van der Waals surface area contributed by atoms with Crippen LogP contribution in [0, 0.1) is 10.1 Å². The monoisotopic (exact) mass is 359 g/mol. The number of nitrogens with zero attached hydrogens (tertiary/aromatic N) is 2. The zero-order chi connectivity index (χ0) is 18.8. The highest BCUT2D eigenvalue weighted by Crippen LogP contribution is 2.33. The molecule has 1 aliphatic rings. The molecule has 1 saturated heterocycles. The third-order valence-corrected chi connectivity index (χ3v) is 3.22. The highest BCUT2D eigenvalue weighted by Gasteiger charge is 2.38. The van der Waals surface area contributed by atoms with Gasteiger partial charge >= 0.3 is 6.18 Å². The van der Waals surface area contributed by atoms with Gasteiger partial charge in [-0.1, -0.05) is 6.08 Å². The molecule has 0 aromatic heterocycles. The van der Waals surface area contributed by atoms with Crippen molar-refractivity contribution in [1.29, 1.82) is 0 Å². The summed E-state index contributed by atoms with van der Waals surface area (Å²) in [6.45, 7) is 3.22. The van der Waals surface area contributed by atoms with E-state index < -0.39 is 40.0 Å². The first-order valence-electron chi connectivity index (χ1n) is 6.87. The van der Waals surface area contributed by atoms with Crippen molar-refractivity contribution in [3.63, 3.8) is 0 Å². The fourth-order valence-corrected chi connectivity index (χ4v) is 2.04. The van der Waals surface area contributed by atoms with Crippen molar-refractivity contribution in [3.05, 3.63) is 52.1 Å². The first-order chi connectivity index (χ1) is 11.6. The number of amides is 2. The van der Waals surface area contributed by atoms with Crippen LogP contribution in [0.2, 0.25) is 0 Å². The lowest BCUT2D eigenvalue weighted by Crippen LogP contribution is -2.60. The van der Waals surface area contributed by atoms with Crippen molar-refractivity contribution in [3.8, 4) is 0 Å². The largest absolute Gasteiger partial charge is 0.416 e. The predicted octanol–water partition coefficient (Wildman–Crippen LogP) is 2.02. The summed E-state index contributed by atoms with van der Waals surface area (Å²) in [6.07, 6.45) is -4.58. The second kappa shape index (κ2) is 6.89. The highest BCUT2D eigenvalue weighted by atomic mass is 19.4. The number of nitro groups is 1. The second-order valence-corrected chi connectivity index (χ2v) is 5.03. The molecule has 1 N–H and O–H groups in total. The van der Waals surface area contributed by atoms with Gasteiger partial charge in [-0.15, -0.1) is 6.58 Å². The average Bonchev–Trinajstić information content (AvgIpc) is 2.51. The van der Waals surface area contributed by atoms with Crippen LogP contribution in [0.15, 0.2) is 30.9 Å². The van der Waals surface area contributed by atoms with Gasteiger partial charge in [0.2, 0.25) is 5.91 Å². The highest BCUT2D eigenvalue weighted by molar-refractivity contribution is 5.96. The summed E-state index contributed by atoms with van der Waals surface area (Å²) in [5.41, 5.74) is -2.82. The molecular formula is C14H12F3N3O5. The smallest absolute Gasteiger partial charge is 0.333 e. The van der Waals surface area contributed by atoms with Crippen molar-refractivity contribution in [2.75, 3.05) is 6.61 Å². The van der Waals surface area contributed by atoms with Gasteiger partial charge in [-0.2, -0.15) is 18.2 Å². The van der Waals surface area contributed by atoms with Crippen molar-refractivity contribution in [2.45, 2.75) is 18.8 Å². The van der Waals surface area contributed by atoms with Crippen molar-refractivity contribution in [1.82, 2.24) is 10.4 Å². The third kappa shape index (κ3) is 4.12. The minimum Gasteiger partial charge on any atom is -0.333 e. The molecule has 1 fully saturated rings. The number of alkyl halides is 3. The Bertz CT molecular complexity index is 727. The number of carbonyl (C=O) groups is 2. The van der Waals surface area contributed by atoms with Crippen LogP contribution >= 0.6 is 0 Å². The molecule has 134 valence electrons. The molecule has 0 aliphatic carbocycles. The van der Waals surface area contributed by atoms with E-state index in [-0.39, 0.29) is 18.9 Å². The quantitative estimate of drug-likeness (QED) is 0.362. The fraction of sp³-hybridized carbons (Fsp3) is 0.286. The Morgan fingerprint density at radius 1 is 1.48 bits per heavy atom. The minimum absolute atomic E-state index is 0.107. The third-order valence-electron chi connectivity index (χ3n) is 3.22. The summed E-state index contributed by atoms with van der Waals surface area (Å²) >= 11 is 0. The number of nitro benzene ring substituents is 1. The van der Waals surface area contributed by atoms with Gasteiger partial charge in [0.15, 0.2) is 0 Å². The zero-order valence-corrected chi connectivity index (χ0v) is 12.6. The van der Waals surface area contributed by atoms with E-state index in [1.54, 1.807) is 0 Å². The van der Waals surface area contributed by atoms with Crippen LogP contribution in [0.25, 0.3) is 0 Å². The van der Waals surface area contributed by atoms with E-state index >= 15 is 0 Å². The van der Waals surface area contributed by atoms with E-state index in [1.165, 1.54) is 6.08 Å². The Kier molecular flexibility index (Phi) is 5.07. The van der Waals surface area contributed by atoms with Crippen LogP contribution in [-0.2, 0) is 15.8 Å². The number of nitrogens with one attached hydrogen (secondary N) is 1. The van der Waals surface area contributed by atoms with E-state index in [4.69, 9.17) is 4.84 Å². The van der Waals surface area contributed by atoms with E-state index in [2.05, 4.69) is 11.9 Å². The normalized spacial score (nSPS) is 16.6. The number of non-ortho nitro benzene ring substituents is 1. The van der Waals surface area contributed by atoms with Gasteiger partial charge in [0, 0.05) is 17.7 Å². The lowest BCUT2D eigenvalue weighted by Gasteiger charge is -2.36. The average molecular weight is 359 g/mol. The maximum absolute atomic E-state index is 12.9. The molecule has 1 atom stereocenters. The van der Waals surface area contributed by atoms with Gasteiger partial charge in [0.1, 0.15) is 6.17 Å². The molecule has 11 heteroatoms. The van der Waals surface area contributed by atoms with E-state index in [0.717, 1.165) is 0 Å². The maximum atomic E-state index is 12.9. The SMILES string of the molecule is C=CCON(C(=O)c1cc([N+](=O)[O-])cc(C(F)(F)F)c1)C1CC(=O)N1. The zero-order valence-electron chi connectivity index (χ0n) is 12.6. The second-order valence-electron chi connectivity index (χ2n) is 5.03. The first-order valence-corrected chi connectivity index (χ1v) is 6.87. The molecule has 0 bridgehead atoms. The van der Waals surface area contributed by atoms with Gasteiger partial charge in [-0.25, -0.2) is 0 Å². The summed E-state index contributed by atoms with van der Waals surface area (Å²) in [7, 11) is 0. The Balaban J connectivity index is 2.40. The number of β-lactam (4-membered cyclic amide) rings is 1. The summed E-state index contributed by atoms with van der Waals surface area (Å²) < 4.78 is 38.7. The van der Waals surface area contributed by atoms with Crippen molar-refractivity contribution in [2.24, 2.45) is 0 Å². The standard InChI is InChI=1S/C14H12F3N3O5/c1-2-3-25-19(11-7-12(21)18-11)13(22)8-4-9(14(15,16)17)6-10(5-8)20(23)24/h2,4-6,11H,1,3,7H2,(H,18,21). The number of benzene rings is 1. The Hall–Kier alpha value is -2.95. The number of halogens is 3. The molecule has 8 nitrogen and oxygen atoms in total. The number of hydrogen-bond donors (Lipinski definition) is 1. The summed E-state index contributed by atoms with van der Waals surface area (Å²) in [5.74, 6) is -1.43. The van der Waals surface area contributed by atoms with E-state index in [0.29, 0.717) is 23.3 Å². The maximum Gasteiger partial charge on any atom is 0.416 e. The van der Waals surface area contributed by atoms with Gasteiger partial charge in [0.05, 0.1) is 23.5 Å². The van der Waals surface area contributed by atoms with E-state index in [1.807, 2.05) is 0 Å². The molecule has 25 heavy (non-hydrogen) atoms. The van der Waals surface area contributed by atoms with Gasteiger partial charge in [0.25, 0.3) is 11.6 Å². The summed E-state index contributed by atoms with van der Waals surface area (Å²) in [5, 5.41) is 13.9. The van der Waals surface area contributed by atoms with Crippen molar-refractivity contribution >= 4 is 17.5 Å². The molecular weight excluding hydrogens is 347 g/mol. The van der Waals surface area contributed by atoms with Gasteiger partial charge < -0.3 is 5.32 Å². The molecule has 1 heterocycles. The molecule has 0 spiro atoms. The summed E-state index contributed by atoms with van der Waals surface area (Å²) in [6, 6.07) is 1.53. The molecule has 0 radical (unpaired) electrons.